The Bertz CT molecular complexity index is 536. The molecule has 0 fully saturated rings. The zero-order valence-corrected chi connectivity index (χ0v) is 12.4. The van der Waals surface area contributed by atoms with Crippen LogP contribution in [0.5, 0.6) is 5.75 Å². The second kappa shape index (κ2) is 7.59. The van der Waals surface area contributed by atoms with Gasteiger partial charge >= 0.3 is 0 Å². The van der Waals surface area contributed by atoms with Crippen LogP contribution in [0.4, 0.5) is 5.69 Å². The number of anilines is 1. The van der Waals surface area contributed by atoms with Crippen LogP contribution in [0.3, 0.4) is 0 Å². The summed E-state index contributed by atoms with van der Waals surface area (Å²) in [4.78, 5) is 0. The molecule has 0 radical (unpaired) electrons. The van der Waals surface area contributed by atoms with Crippen LogP contribution in [-0.4, -0.2) is 13.2 Å². The Labute approximate surface area is 121 Å². The van der Waals surface area contributed by atoms with Crippen LogP contribution in [0.1, 0.15) is 24.5 Å². The number of rotatable bonds is 7. The molecule has 2 aromatic rings. The lowest BCUT2D eigenvalue weighted by Gasteiger charge is -2.11. The molecule has 0 saturated carbocycles. The highest BCUT2D eigenvalue weighted by Gasteiger charge is 1.98. The number of para-hydroxylation sites is 1. The minimum Gasteiger partial charge on any atom is -0.494 e. The lowest BCUT2D eigenvalue weighted by Crippen LogP contribution is -2.08. The van der Waals surface area contributed by atoms with Gasteiger partial charge in [-0.1, -0.05) is 37.3 Å². The van der Waals surface area contributed by atoms with E-state index in [0.717, 1.165) is 31.7 Å². The molecule has 0 atom stereocenters. The van der Waals surface area contributed by atoms with Crippen LogP contribution in [-0.2, 0) is 6.42 Å². The quantitative estimate of drug-likeness (QED) is 0.750. The van der Waals surface area contributed by atoms with Gasteiger partial charge in [0.15, 0.2) is 0 Å². The van der Waals surface area contributed by atoms with Gasteiger partial charge in [-0.3, -0.25) is 0 Å². The summed E-state index contributed by atoms with van der Waals surface area (Å²) in [6.45, 7) is 5.94. The second-order valence-electron chi connectivity index (χ2n) is 4.96. The zero-order chi connectivity index (χ0) is 14.2. The van der Waals surface area contributed by atoms with Gasteiger partial charge in [0.05, 0.1) is 6.61 Å². The third-order valence-corrected chi connectivity index (χ3v) is 3.29. The first-order chi connectivity index (χ1) is 9.79. The fraction of sp³-hybridized carbons (Fsp3) is 0.333. The number of hydrogen-bond acceptors (Lipinski definition) is 2. The molecule has 0 saturated heterocycles. The van der Waals surface area contributed by atoms with Crippen molar-refractivity contribution in [1.82, 2.24) is 0 Å². The summed E-state index contributed by atoms with van der Waals surface area (Å²) >= 11 is 0. The fourth-order valence-electron chi connectivity index (χ4n) is 2.19. The largest absolute Gasteiger partial charge is 0.494 e. The summed E-state index contributed by atoms with van der Waals surface area (Å²) in [6.07, 6.45) is 2.05. The van der Waals surface area contributed by atoms with Crippen LogP contribution in [0, 0.1) is 6.92 Å². The molecule has 0 bridgehead atoms. The molecule has 0 heterocycles. The number of ether oxygens (including phenoxy) is 1. The van der Waals surface area contributed by atoms with E-state index in [2.05, 4.69) is 55.6 Å². The molecule has 0 unspecified atom stereocenters. The molecule has 1 N–H and O–H groups in total. The van der Waals surface area contributed by atoms with E-state index in [9.17, 15) is 0 Å². The molecule has 0 aliphatic rings. The first-order valence-electron chi connectivity index (χ1n) is 7.31. The van der Waals surface area contributed by atoms with Crippen molar-refractivity contribution in [1.29, 1.82) is 0 Å². The van der Waals surface area contributed by atoms with Gasteiger partial charge in [0.2, 0.25) is 0 Å². The summed E-state index contributed by atoms with van der Waals surface area (Å²) < 4.78 is 5.74. The smallest absolute Gasteiger partial charge is 0.119 e. The maximum atomic E-state index is 5.74. The predicted molar refractivity (Wildman–Crippen MR) is 85.6 cm³/mol. The summed E-state index contributed by atoms with van der Waals surface area (Å²) in [5.74, 6) is 0.957. The molecule has 0 spiro atoms. The molecule has 106 valence electrons. The summed E-state index contributed by atoms with van der Waals surface area (Å²) in [5.41, 5.74) is 3.84. The van der Waals surface area contributed by atoms with Crippen molar-refractivity contribution in [3.8, 4) is 5.75 Å². The average Bonchev–Trinajstić information content (AvgIpc) is 2.47. The van der Waals surface area contributed by atoms with Crippen molar-refractivity contribution in [3.05, 3.63) is 59.7 Å². The zero-order valence-electron chi connectivity index (χ0n) is 12.4. The number of aryl methyl sites for hydroxylation is 2. The SMILES string of the molecule is CCc1ccccc1NCCCOc1cccc(C)c1. The molecule has 2 aromatic carbocycles. The van der Waals surface area contributed by atoms with Gasteiger partial charge in [-0.15, -0.1) is 0 Å². The predicted octanol–water partition coefficient (Wildman–Crippen LogP) is 4.44. The summed E-state index contributed by atoms with van der Waals surface area (Å²) in [6, 6.07) is 16.7. The molecule has 0 aliphatic carbocycles. The Balaban J connectivity index is 1.71. The number of nitrogens with one attached hydrogen (secondary N) is 1. The molecular formula is C18H23NO. The molecular weight excluding hydrogens is 246 g/mol. The van der Waals surface area contributed by atoms with Gasteiger partial charge < -0.3 is 10.1 Å². The highest BCUT2D eigenvalue weighted by molar-refractivity contribution is 5.50. The van der Waals surface area contributed by atoms with Crippen LogP contribution >= 0.6 is 0 Å². The average molecular weight is 269 g/mol. The lowest BCUT2D eigenvalue weighted by molar-refractivity contribution is 0.315. The van der Waals surface area contributed by atoms with E-state index in [4.69, 9.17) is 4.74 Å². The Morgan fingerprint density at radius 1 is 1.05 bits per heavy atom. The van der Waals surface area contributed by atoms with E-state index in [0.29, 0.717) is 0 Å². The second-order valence-corrected chi connectivity index (χ2v) is 4.96. The number of benzene rings is 2. The third-order valence-electron chi connectivity index (χ3n) is 3.29. The summed E-state index contributed by atoms with van der Waals surface area (Å²) in [5, 5.41) is 3.48. The maximum Gasteiger partial charge on any atom is 0.119 e. The van der Waals surface area contributed by atoms with Crippen LogP contribution in [0.15, 0.2) is 48.5 Å². The monoisotopic (exact) mass is 269 g/mol. The Kier molecular flexibility index (Phi) is 5.48. The van der Waals surface area contributed by atoms with Gasteiger partial charge in [0.25, 0.3) is 0 Å². The van der Waals surface area contributed by atoms with Crippen molar-refractivity contribution in [3.63, 3.8) is 0 Å². The van der Waals surface area contributed by atoms with E-state index in [1.807, 2.05) is 12.1 Å². The molecule has 0 aliphatic heterocycles. The van der Waals surface area contributed by atoms with Crippen molar-refractivity contribution in [2.45, 2.75) is 26.7 Å². The van der Waals surface area contributed by atoms with Gasteiger partial charge in [0.1, 0.15) is 5.75 Å². The van der Waals surface area contributed by atoms with Crippen LogP contribution in [0.25, 0.3) is 0 Å². The Morgan fingerprint density at radius 3 is 2.70 bits per heavy atom. The van der Waals surface area contributed by atoms with E-state index in [1.54, 1.807) is 0 Å². The van der Waals surface area contributed by atoms with Crippen molar-refractivity contribution in [2.24, 2.45) is 0 Å². The molecule has 2 heteroatoms. The van der Waals surface area contributed by atoms with E-state index < -0.39 is 0 Å². The van der Waals surface area contributed by atoms with E-state index >= 15 is 0 Å². The van der Waals surface area contributed by atoms with Gasteiger partial charge in [-0.05, 0) is 49.1 Å². The maximum absolute atomic E-state index is 5.74. The standard InChI is InChI=1S/C18H23NO/c1-3-16-9-4-5-11-18(16)19-12-7-13-20-17-10-6-8-15(2)14-17/h4-6,8-11,14,19H,3,7,12-13H2,1-2H3. The first-order valence-corrected chi connectivity index (χ1v) is 7.31. The molecule has 2 rings (SSSR count). The topological polar surface area (TPSA) is 21.3 Å². The minimum atomic E-state index is 0.741. The van der Waals surface area contributed by atoms with Crippen LogP contribution < -0.4 is 10.1 Å². The first kappa shape index (κ1) is 14.4. The third kappa shape index (κ3) is 4.30. The minimum absolute atomic E-state index is 0.741. The van der Waals surface area contributed by atoms with Gasteiger partial charge in [0, 0.05) is 12.2 Å². The number of hydrogen-bond donors (Lipinski definition) is 1. The Morgan fingerprint density at radius 2 is 1.90 bits per heavy atom. The highest BCUT2D eigenvalue weighted by atomic mass is 16.5. The molecule has 2 nitrogen and oxygen atoms in total. The summed E-state index contributed by atoms with van der Waals surface area (Å²) in [7, 11) is 0. The fourth-order valence-corrected chi connectivity index (χ4v) is 2.19. The lowest BCUT2D eigenvalue weighted by atomic mass is 10.1. The molecule has 0 amide bonds. The van der Waals surface area contributed by atoms with Gasteiger partial charge in [-0.2, -0.15) is 0 Å². The highest BCUT2D eigenvalue weighted by Crippen LogP contribution is 2.15. The molecule has 20 heavy (non-hydrogen) atoms. The normalized spacial score (nSPS) is 10.3. The van der Waals surface area contributed by atoms with Crippen molar-refractivity contribution < 1.29 is 4.74 Å². The van der Waals surface area contributed by atoms with Crippen LogP contribution in [0.2, 0.25) is 0 Å². The van der Waals surface area contributed by atoms with Crippen molar-refractivity contribution in [2.75, 3.05) is 18.5 Å². The van der Waals surface area contributed by atoms with E-state index in [-0.39, 0.29) is 0 Å². The Hall–Kier alpha value is -1.96. The van der Waals surface area contributed by atoms with E-state index in [1.165, 1.54) is 16.8 Å². The van der Waals surface area contributed by atoms with Gasteiger partial charge in [-0.25, -0.2) is 0 Å². The molecule has 0 aromatic heterocycles. The van der Waals surface area contributed by atoms with Crippen molar-refractivity contribution >= 4 is 5.69 Å².